The predicted octanol–water partition coefficient (Wildman–Crippen LogP) is 1.80. The third-order valence-corrected chi connectivity index (χ3v) is 3.18. The molecule has 0 fully saturated rings. The van der Waals surface area contributed by atoms with E-state index < -0.39 is 0 Å². The van der Waals surface area contributed by atoms with Gasteiger partial charge in [0.05, 0.1) is 23.8 Å². The molecule has 2 aromatic heterocycles. The van der Waals surface area contributed by atoms with Crippen LogP contribution in [0.5, 0.6) is 0 Å². The van der Waals surface area contributed by atoms with Crippen molar-refractivity contribution in [3.63, 3.8) is 0 Å². The number of nitrogens with zero attached hydrogens (tertiary/aromatic N) is 3. The zero-order chi connectivity index (χ0) is 11.5. The van der Waals surface area contributed by atoms with E-state index in [1.165, 1.54) is 22.1 Å². The van der Waals surface area contributed by atoms with Gasteiger partial charge in [-0.05, 0) is 13.0 Å². The Morgan fingerprint density at radius 3 is 3.00 bits per heavy atom. The number of hydrogen-bond acceptors (Lipinski definition) is 4. The van der Waals surface area contributed by atoms with Crippen molar-refractivity contribution in [2.24, 2.45) is 0 Å². The molecule has 0 aromatic carbocycles. The molecule has 0 spiro atoms. The van der Waals surface area contributed by atoms with Crippen LogP contribution in [-0.2, 0) is 12.4 Å². The first-order valence-corrected chi connectivity index (χ1v) is 6.14. The Kier molecular flexibility index (Phi) is 3.36. The van der Waals surface area contributed by atoms with Crippen LogP contribution in [0.1, 0.15) is 16.4 Å². The molecule has 6 heteroatoms. The monoisotopic (exact) mass is 255 g/mol. The lowest BCUT2D eigenvalue weighted by Gasteiger charge is -2.01. The Hall–Kier alpha value is -1.20. The fraction of sp³-hybridized carbons (Fsp3) is 0.300. The van der Waals surface area contributed by atoms with Gasteiger partial charge in [0.25, 0.3) is 5.56 Å². The first-order valence-electron chi connectivity index (χ1n) is 4.73. The van der Waals surface area contributed by atoms with Gasteiger partial charge in [-0.1, -0.05) is 0 Å². The Morgan fingerprint density at radius 1 is 1.50 bits per heavy atom. The standard InChI is InChI=1S/C10H10ClN3OS/c1-7-2-3-10(15)14(13-7)5-9-12-8(4-11)6-16-9/h2-3,6H,4-5H2,1H3. The van der Waals surface area contributed by atoms with Gasteiger partial charge >= 0.3 is 0 Å². The smallest absolute Gasteiger partial charge is 0.267 e. The fourth-order valence-corrected chi connectivity index (χ4v) is 2.28. The molecule has 2 rings (SSSR count). The number of aromatic nitrogens is 3. The minimum atomic E-state index is -0.117. The molecule has 0 unspecified atom stereocenters. The molecule has 2 aromatic rings. The summed E-state index contributed by atoms with van der Waals surface area (Å²) in [4.78, 5) is 15.8. The van der Waals surface area contributed by atoms with Crippen LogP contribution in [0.15, 0.2) is 22.3 Å². The Balaban J connectivity index is 2.26. The topological polar surface area (TPSA) is 47.8 Å². The first-order chi connectivity index (χ1) is 7.69. The zero-order valence-corrected chi connectivity index (χ0v) is 10.3. The van der Waals surface area contributed by atoms with Crippen molar-refractivity contribution in [1.82, 2.24) is 14.8 Å². The van der Waals surface area contributed by atoms with Crippen LogP contribution < -0.4 is 5.56 Å². The van der Waals surface area contributed by atoms with E-state index in [-0.39, 0.29) is 5.56 Å². The minimum absolute atomic E-state index is 0.117. The number of thiazole rings is 1. The maximum atomic E-state index is 11.5. The first kappa shape index (κ1) is 11.3. The number of rotatable bonds is 3. The summed E-state index contributed by atoms with van der Waals surface area (Å²) >= 11 is 7.15. The van der Waals surface area contributed by atoms with Gasteiger partial charge in [-0.15, -0.1) is 22.9 Å². The molecule has 0 aliphatic rings. The maximum Gasteiger partial charge on any atom is 0.267 e. The van der Waals surface area contributed by atoms with Gasteiger partial charge in [-0.25, -0.2) is 9.67 Å². The molecule has 0 N–H and O–H groups in total. The van der Waals surface area contributed by atoms with Crippen molar-refractivity contribution in [3.8, 4) is 0 Å². The van der Waals surface area contributed by atoms with Crippen LogP contribution in [0.2, 0.25) is 0 Å². The highest BCUT2D eigenvalue weighted by Gasteiger charge is 2.04. The van der Waals surface area contributed by atoms with Crippen molar-refractivity contribution in [1.29, 1.82) is 0 Å². The second-order valence-electron chi connectivity index (χ2n) is 3.34. The number of alkyl halides is 1. The Bertz CT molecular complexity index is 549. The molecule has 0 aliphatic heterocycles. The van der Waals surface area contributed by atoms with E-state index in [0.717, 1.165) is 16.4 Å². The summed E-state index contributed by atoms with van der Waals surface area (Å²) in [7, 11) is 0. The lowest BCUT2D eigenvalue weighted by molar-refractivity contribution is 0.625. The Morgan fingerprint density at radius 2 is 2.31 bits per heavy atom. The molecule has 16 heavy (non-hydrogen) atoms. The molecule has 0 amide bonds. The fourth-order valence-electron chi connectivity index (χ4n) is 1.28. The molecule has 0 saturated heterocycles. The zero-order valence-electron chi connectivity index (χ0n) is 8.68. The van der Waals surface area contributed by atoms with Crippen LogP contribution in [0.4, 0.5) is 0 Å². The van der Waals surface area contributed by atoms with Gasteiger partial charge in [0.15, 0.2) is 0 Å². The third-order valence-electron chi connectivity index (χ3n) is 2.02. The third kappa shape index (κ3) is 2.48. The quantitative estimate of drug-likeness (QED) is 0.786. The normalized spacial score (nSPS) is 10.6. The van der Waals surface area contributed by atoms with E-state index >= 15 is 0 Å². The predicted molar refractivity (Wildman–Crippen MR) is 64.0 cm³/mol. The van der Waals surface area contributed by atoms with Gasteiger partial charge in [-0.3, -0.25) is 4.79 Å². The summed E-state index contributed by atoms with van der Waals surface area (Å²) in [5, 5.41) is 6.88. The van der Waals surface area contributed by atoms with E-state index in [0.29, 0.717) is 12.4 Å². The summed E-state index contributed by atoms with van der Waals surface area (Å²) in [5.74, 6) is 0.395. The highest BCUT2D eigenvalue weighted by Crippen LogP contribution is 2.11. The highest BCUT2D eigenvalue weighted by molar-refractivity contribution is 7.09. The van der Waals surface area contributed by atoms with Crippen molar-refractivity contribution >= 4 is 22.9 Å². The van der Waals surface area contributed by atoms with Crippen LogP contribution in [0.3, 0.4) is 0 Å². The van der Waals surface area contributed by atoms with E-state index in [9.17, 15) is 4.79 Å². The lowest BCUT2D eigenvalue weighted by Crippen LogP contribution is -2.22. The molecule has 0 atom stereocenters. The van der Waals surface area contributed by atoms with E-state index in [1.807, 2.05) is 12.3 Å². The summed E-state index contributed by atoms with van der Waals surface area (Å²) in [6, 6.07) is 3.21. The number of hydrogen-bond donors (Lipinski definition) is 0. The summed E-state index contributed by atoms with van der Waals surface area (Å²) < 4.78 is 1.41. The van der Waals surface area contributed by atoms with Crippen LogP contribution in [0.25, 0.3) is 0 Å². The van der Waals surface area contributed by atoms with Gasteiger partial charge < -0.3 is 0 Å². The van der Waals surface area contributed by atoms with Gasteiger partial charge in [0, 0.05) is 11.4 Å². The summed E-state index contributed by atoms with van der Waals surface area (Å²) in [5.41, 5.74) is 1.53. The van der Waals surface area contributed by atoms with Crippen molar-refractivity contribution in [2.45, 2.75) is 19.3 Å². The van der Waals surface area contributed by atoms with E-state index in [4.69, 9.17) is 11.6 Å². The molecule has 4 nitrogen and oxygen atoms in total. The SMILES string of the molecule is Cc1ccc(=O)n(Cc2nc(CCl)cs2)n1. The summed E-state index contributed by atoms with van der Waals surface area (Å²) in [6.07, 6.45) is 0. The lowest BCUT2D eigenvalue weighted by atomic mass is 10.4. The molecular formula is C10H10ClN3OS. The van der Waals surface area contributed by atoms with Gasteiger partial charge in [0.2, 0.25) is 0 Å². The average Bonchev–Trinajstić information content (AvgIpc) is 2.71. The van der Waals surface area contributed by atoms with E-state index in [1.54, 1.807) is 6.07 Å². The molecule has 0 saturated carbocycles. The number of halogens is 1. The average molecular weight is 256 g/mol. The van der Waals surface area contributed by atoms with Crippen molar-refractivity contribution in [3.05, 3.63) is 44.3 Å². The van der Waals surface area contributed by atoms with Crippen molar-refractivity contribution < 1.29 is 0 Å². The highest BCUT2D eigenvalue weighted by atomic mass is 35.5. The Labute approximate surface area is 102 Å². The molecular weight excluding hydrogens is 246 g/mol. The molecule has 0 radical (unpaired) electrons. The van der Waals surface area contributed by atoms with Crippen LogP contribution >= 0.6 is 22.9 Å². The minimum Gasteiger partial charge on any atom is -0.268 e. The molecule has 0 bridgehead atoms. The molecule has 84 valence electrons. The summed E-state index contributed by atoms with van der Waals surface area (Å²) in [6.45, 7) is 2.25. The van der Waals surface area contributed by atoms with Crippen molar-refractivity contribution in [2.75, 3.05) is 0 Å². The van der Waals surface area contributed by atoms with Crippen LogP contribution in [0, 0.1) is 6.92 Å². The second-order valence-corrected chi connectivity index (χ2v) is 4.55. The second kappa shape index (κ2) is 4.76. The van der Waals surface area contributed by atoms with E-state index in [2.05, 4.69) is 10.1 Å². The largest absolute Gasteiger partial charge is 0.268 e. The number of aryl methyl sites for hydroxylation is 1. The molecule has 0 aliphatic carbocycles. The van der Waals surface area contributed by atoms with Crippen LogP contribution in [-0.4, -0.2) is 14.8 Å². The van der Waals surface area contributed by atoms with Gasteiger partial charge in [-0.2, -0.15) is 5.10 Å². The van der Waals surface area contributed by atoms with Gasteiger partial charge in [0.1, 0.15) is 5.01 Å². The maximum absolute atomic E-state index is 11.5. The molecule has 2 heterocycles.